The molecule has 36 heavy (non-hydrogen) atoms. The lowest BCUT2D eigenvalue weighted by atomic mass is 9.86. The Morgan fingerprint density at radius 2 is 0.972 bits per heavy atom. The van der Waals surface area contributed by atoms with Crippen molar-refractivity contribution in [2.24, 2.45) is 0 Å². The Balaban J connectivity index is 1.68. The van der Waals surface area contributed by atoms with Crippen molar-refractivity contribution in [2.75, 3.05) is 0 Å². The molecule has 0 fully saturated rings. The minimum atomic E-state index is 0.838. The Bertz CT molecular complexity index is 1570. The van der Waals surface area contributed by atoms with E-state index in [1.807, 2.05) is 0 Å². The van der Waals surface area contributed by atoms with E-state index in [1.54, 1.807) is 0 Å². The van der Waals surface area contributed by atoms with Gasteiger partial charge in [-0.1, -0.05) is 54.6 Å². The normalized spacial score (nSPS) is 11.4. The Morgan fingerprint density at radius 1 is 0.500 bits per heavy atom. The SMILES string of the molecule is Cc1ccc(Cc2cc3n[nH]nc3c(Cc3ccc(C)c(C)c3)c2Cc2ccc(C)c(C)c2)cc1C. The molecule has 0 amide bonds. The molecule has 1 N–H and O–H groups in total. The van der Waals surface area contributed by atoms with Crippen molar-refractivity contribution in [1.82, 2.24) is 15.4 Å². The monoisotopic (exact) mass is 473 g/mol. The summed E-state index contributed by atoms with van der Waals surface area (Å²) in [6.45, 7) is 13.1. The quantitative estimate of drug-likeness (QED) is 0.276. The van der Waals surface area contributed by atoms with Crippen molar-refractivity contribution in [1.29, 1.82) is 0 Å². The predicted molar refractivity (Wildman–Crippen MR) is 150 cm³/mol. The Kier molecular flexibility index (Phi) is 6.49. The third-order valence-electron chi connectivity index (χ3n) is 7.79. The third-order valence-corrected chi connectivity index (χ3v) is 7.79. The van der Waals surface area contributed by atoms with Gasteiger partial charge in [-0.05, 0) is 127 Å². The highest BCUT2D eigenvalue weighted by Gasteiger charge is 2.18. The maximum Gasteiger partial charge on any atom is 0.116 e. The van der Waals surface area contributed by atoms with Gasteiger partial charge in [0.25, 0.3) is 0 Å². The van der Waals surface area contributed by atoms with Crippen LogP contribution in [0.2, 0.25) is 0 Å². The van der Waals surface area contributed by atoms with E-state index in [0.29, 0.717) is 0 Å². The van der Waals surface area contributed by atoms with Gasteiger partial charge in [0.1, 0.15) is 11.0 Å². The molecule has 1 aromatic heterocycles. The van der Waals surface area contributed by atoms with Crippen molar-refractivity contribution in [3.05, 3.63) is 127 Å². The maximum atomic E-state index is 4.63. The van der Waals surface area contributed by atoms with Crippen LogP contribution in [0.1, 0.15) is 66.8 Å². The van der Waals surface area contributed by atoms with Crippen LogP contribution in [-0.4, -0.2) is 15.4 Å². The number of nitrogens with zero attached hydrogens (tertiary/aromatic N) is 2. The number of aromatic nitrogens is 3. The molecule has 0 spiro atoms. The van der Waals surface area contributed by atoms with Crippen LogP contribution in [0.5, 0.6) is 0 Å². The molecule has 0 saturated heterocycles. The Labute approximate surface area is 214 Å². The summed E-state index contributed by atoms with van der Waals surface area (Å²) in [5, 5.41) is 12.1. The molecule has 0 unspecified atom stereocenters. The summed E-state index contributed by atoms with van der Waals surface area (Å²) in [5.41, 5.74) is 17.9. The van der Waals surface area contributed by atoms with Gasteiger partial charge < -0.3 is 0 Å². The van der Waals surface area contributed by atoms with E-state index < -0.39 is 0 Å². The number of H-pyrrole nitrogens is 1. The molecule has 5 rings (SSSR count). The van der Waals surface area contributed by atoms with Crippen LogP contribution in [0.25, 0.3) is 11.0 Å². The molecule has 0 aliphatic rings. The first kappa shape index (κ1) is 24.0. The van der Waals surface area contributed by atoms with Gasteiger partial charge in [-0.2, -0.15) is 15.4 Å². The van der Waals surface area contributed by atoms with Crippen LogP contribution in [0.4, 0.5) is 0 Å². The van der Waals surface area contributed by atoms with Crippen LogP contribution < -0.4 is 0 Å². The zero-order valence-electron chi connectivity index (χ0n) is 22.3. The van der Waals surface area contributed by atoms with Gasteiger partial charge in [0, 0.05) is 6.42 Å². The second-order valence-electron chi connectivity index (χ2n) is 10.5. The van der Waals surface area contributed by atoms with Gasteiger partial charge in [-0.15, -0.1) is 0 Å². The van der Waals surface area contributed by atoms with Crippen molar-refractivity contribution in [3.63, 3.8) is 0 Å². The summed E-state index contributed by atoms with van der Waals surface area (Å²) >= 11 is 0. The number of aryl methyl sites for hydroxylation is 6. The van der Waals surface area contributed by atoms with Gasteiger partial charge in [0.15, 0.2) is 0 Å². The highest BCUT2D eigenvalue weighted by molar-refractivity contribution is 5.81. The number of aromatic amines is 1. The van der Waals surface area contributed by atoms with E-state index in [1.165, 1.54) is 66.8 Å². The fraction of sp³-hybridized carbons (Fsp3) is 0.273. The lowest BCUT2D eigenvalue weighted by Crippen LogP contribution is -2.06. The molecule has 0 aliphatic heterocycles. The molecular formula is C33H35N3. The van der Waals surface area contributed by atoms with Crippen LogP contribution >= 0.6 is 0 Å². The van der Waals surface area contributed by atoms with Gasteiger partial charge >= 0.3 is 0 Å². The van der Waals surface area contributed by atoms with E-state index >= 15 is 0 Å². The van der Waals surface area contributed by atoms with Crippen molar-refractivity contribution >= 4 is 11.0 Å². The molecule has 0 saturated carbocycles. The summed E-state index contributed by atoms with van der Waals surface area (Å²) in [6, 6.07) is 22.7. The third kappa shape index (κ3) is 4.83. The standard InChI is InChI=1S/C33H35N3/c1-20-7-10-26(13-23(20)4)16-29-19-32-33(35-36-34-32)31(18-28-12-9-22(3)25(6)15-28)30(29)17-27-11-8-21(2)24(5)14-27/h7-15,19H,16-18H2,1-6H3,(H,34,35,36). The number of nitrogens with one attached hydrogen (secondary N) is 1. The Hall–Kier alpha value is -3.72. The molecule has 0 bridgehead atoms. The first-order valence-corrected chi connectivity index (χ1v) is 12.8. The van der Waals surface area contributed by atoms with E-state index in [9.17, 15) is 0 Å². The number of benzene rings is 4. The second-order valence-corrected chi connectivity index (χ2v) is 10.5. The number of hydrogen-bond acceptors (Lipinski definition) is 2. The number of rotatable bonds is 6. The predicted octanol–water partition coefficient (Wildman–Crippen LogP) is 7.58. The summed E-state index contributed by atoms with van der Waals surface area (Å²) in [5.74, 6) is 0. The van der Waals surface area contributed by atoms with Gasteiger partial charge in [0.05, 0.1) is 0 Å². The molecule has 0 atom stereocenters. The van der Waals surface area contributed by atoms with Crippen molar-refractivity contribution in [3.8, 4) is 0 Å². The lowest BCUT2D eigenvalue weighted by Gasteiger charge is -2.18. The summed E-state index contributed by atoms with van der Waals surface area (Å²) in [7, 11) is 0. The fourth-order valence-corrected chi connectivity index (χ4v) is 5.09. The largest absolute Gasteiger partial charge is 0.197 e. The highest BCUT2D eigenvalue weighted by Crippen LogP contribution is 2.31. The summed E-state index contributed by atoms with van der Waals surface area (Å²) < 4.78 is 0. The van der Waals surface area contributed by atoms with E-state index in [2.05, 4.69) is 118 Å². The van der Waals surface area contributed by atoms with Gasteiger partial charge in [0.2, 0.25) is 0 Å². The number of fused-ring (bicyclic) bond motifs is 1. The summed E-state index contributed by atoms with van der Waals surface area (Å²) in [4.78, 5) is 0. The molecule has 0 aliphatic carbocycles. The molecule has 1 heterocycles. The van der Waals surface area contributed by atoms with Crippen LogP contribution in [0, 0.1) is 41.5 Å². The van der Waals surface area contributed by atoms with E-state index in [-0.39, 0.29) is 0 Å². The Morgan fingerprint density at radius 3 is 1.47 bits per heavy atom. The molecule has 3 heteroatoms. The van der Waals surface area contributed by atoms with E-state index in [4.69, 9.17) is 0 Å². The average molecular weight is 474 g/mol. The minimum Gasteiger partial charge on any atom is -0.197 e. The molecule has 5 aromatic rings. The average Bonchev–Trinajstić information content (AvgIpc) is 3.31. The molecule has 3 nitrogen and oxygen atoms in total. The topological polar surface area (TPSA) is 41.6 Å². The first-order valence-electron chi connectivity index (χ1n) is 12.8. The van der Waals surface area contributed by atoms with Crippen LogP contribution in [0.3, 0.4) is 0 Å². The number of hydrogen-bond donors (Lipinski definition) is 1. The molecule has 4 aromatic carbocycles. The minimum absolute atomic E-state index is 0.838. The zero-order chi connectivity index (χ0) is 25.4. The molecule has 182 valence electrons. The zero-order valence-corrected chi connectivity index (χ0v) is 22.3. The molecule has 0 radical (unpaired) electrons. The summed E-state index contributed by atoms with van der Waals surface area (Å²) in [6.07, 6.45) is 2.60. The van der Waals surface area contributed by atoms with Crippen molar-refractivity contribution < 1.29 is 0 Å². The highest BCUT2D eigenvalue weighted by atomic mass is 15.3. The second kappa shape index (κ2) is 9.73. The van der Waals surface area contributed by atoms with Crippen molar-refractivity contribution in [2.45, 2.75) is 60.8 Å². The smallest absolute Gasteiger partial charge is 0.116 e. The lowest BCUT2D eigenvalue weighted by molar-refractivity contribution is 0.956. The molecular weight excluding hydrogens is 438 g/mol. The van der Waals surface area contributed by atoms with Gasteiger partial charge in [-0.3, -0.25) is 0 Å². The van der Waals surface area contributed by atoms with Crippen LogP contribution in [-0.2, 0) is 19.3 Å². The van der Waals surface area contributed by atoms with E-state index in [0.717, 1.165) is 30.3 Å². The van der Waals surface area contributed by atoms with Gasteiger partial charge in [-0.25, -0.2) is 0 Å². The van der Waals surface area contributed by atoms with Crippen LogP contribution in [0.15, 0.2) is 60.7 Å². The fourth-order valence-electron chi connectivity index (χ4n) is 5.09. The maximum absolute atomic E-state index is 4.63. The first-order chi connectivity index (χ1) is 17.3.